The van der Waals surface area contributed by atoms with Crippen LogP contribution < -0.4 is 15.8 Å². The Morgan fingerprint density at radius 2 is 2.05 bits per heavy atom. The molecule has 0 fully saturated rings. The first kappa shape index (κ1) is 15.5. The van der Waals surface area contributed by atoms with E-state index in [9.17, 15) is 4.79 Å². The third-order valence-corrected chi connectivity index (χ3v) is 2.93. The molecule has 106 valence electrons. The summed E-state index contributed by atoms with van der Waals surface area (Å²) in [4.78, 5) is 11.9. The largest absolute Gasteiger partial charge is 0.496 e. The molecule has 1 unspecified atom stereocenters. The third kappa shape index (κ3) is 4.54. The second kappa shape index (κ2) is 7.76. The van der Waals surface area contributed by atoms with Crippen LogP contribution in [0.4, 0.5) is 0 Å². The van der Waals surface area contributed by atoms with Crippen molar-refractivity contribution in [3.63, 3.8) is 0 Å². The fourth-order valence-corrected chi connectivity index (χ4v) is 1.80. The summed E-state index contributed by atoms with van der Waals surface area (Å²) in [6, 6.07) is 6.87. The van der Waals surface area contributed by atoms with Crippen LogP contribution in [0.25, 0.3) is 0 Å². The van der Waals surface area contributed by atoms with Crippen LogP contribution in [-0.4, -0.2) is 32.8 Å². The number of amides is 1. The molecule has 0 heterocycles. The molecule has 0 saturated carbocycles. The number of rotatable bonds is 7. The molecular weight excluding hydrogens is 244 g/mol. The lowest BCUT2D eigenvalue weighted by molar-refractivity contribution is -0.123. The quantitative estimate of drug-likeness (QED) is 0.778. The first-order valence-electron chi connectivity index (χ1n) is 6.28. The highest BCUT2D eigenvalue weighted by Crippen LogP contribution is 2.24. The van der Waals surface area contributed by atoms with E-state index in [1.165, 1.54) is 0 Å². The standard InChI is InChI=1S/C14H22N2O3/c1-10(11-6-4-5-7-13(11)19-3)16-14(17)12(15)8-9-18-2/h4-7,10,12H,8-9,15H2,1-3H3,(H,16,17)/t10-,12?/m0/s1. The minimum atomic E-state index is -0.558. The van der Waals surface area contributed by atoms with Gasteiger partial charge in [0, 0.05) is 19.3 Å². The SMILES string of the molecule is COCCC(N)C(=O)N[C@@H](C)c1ccccc1OC. The van der Waals surface area contributed by atoms with Gasteiger partial charge in [-0.2, -0.15) is 0 Å². The molecule has 1 aromatic rings. The van der Waals surface area contributed by atoms with Crippen LogP contribution in [0.15, 0.2) is 24.3 Å². The molecular formula is C14H22N2O3. The molecule has 19 heavy (non-hydrogen) atoms. The Bertz CT molecular complexity index is 409. The minimum Gasteiger partial charge on any atom is -0.496 e. The third-order valence-electron chi connectivity index (χ3n) is 2.93. The van der Waals surface area contributed by atoms with E-state index in [0.29, 0.717) is 13.0 Å². The van der Waals surface area contributed by atoms with Crippen molar-refractivity contribution in [2.24, 2.45) is 5.73 Å². The number of hydrogen-bond acceptors (Lipinski definition) is 4. The zero-order valence-corrected chi connectivity index (χ0v) is 11.7. The summed E-state index contributed by atoms with van der Waals surface area (Å²) in [6.45, 7) is 2.37. The second-order valence-corrected chi connectivity index (χ2v) is 4.36. The van der Waals surface area contributed by atoms with Gasteiger partial charge in [0.15, 0.2) is 0 Å². The summed E-state index contributed by atoms with van der Waals surface area (Å²) in [5.41, 5.74) is 6.70. The van der Waals surface area contributed by atoms with E-state index in [0.717, 1.165) is 11.3 Å². The summed E-state index contributed by atoms with van der Waals surface area (Å²) in [5, 5.41) is 2.88. The highest BCUT2D eigenvalue weighted by atomic mass is 16.5. The van der Waals surface area contributed by atoms with Gasteiger partial charge in [0.25, 0.3) is 0 Å². The Morgan fingerprint density at radius 1 is 1.37 bits per heavy atom. The molecule has 0 bridgehead atoms. The second-order valence-electron chi connectivity index (χ2n) is 4.36. The molecule has 3 N–H and O–H groups in total. The zero-order valence-electron chi connectivity index (χ0n) is 11.7. The fraction of sp³-hybridized carbons (Fsp3) is 0.500. The molecule has 0 aliphatic rings. The van der Waals surface area contributed by atoms with Crippen molar-refractivity contribution in [3.05, 3.63) is 29.8 Å². The van der Waals surface area contributed by atoms with Gasteiger partial charge in [-0.25, -0.2) is 0 Å². The van der Waals surface area contributed by atoms with E-state index in [4.69, 9.17) is 15.2 Å². The zero-order chi connectivity index (χ0) is 14.3. The van der Waals surface area contributed by atoms with Crippen LogP contribution in [-0.2, 0) is 9.53 Å². The van der Waals surface area contributed by atoms with E-state index < -0.39 is 6.04 Å². The molecule has 1 amide bonds. The van der Waals surface area contributed by atoms with Crippen molar-refractivity contribution >= 4 is 5.91 Å². The van der Waals surface area contributed by atoms with Gasteiger partial charge in [0.05, 0.1) is 19.2 Å². The summed E-state index contributed by atoms with van der Waals surface area (Å²) in [6.07, 6.45) is 0.501. The Balaban J connectivity index is 2.63. The maximum absolute atomic E-state index is 11.9. The van der Waals surface area contributed by atoms with E-state index in [2.05, 4.69) is 5.32 Å². The van der Waals surface area contributed by atoms with Crippen molar-refractivity contribution in [3.8, 4) is 5.75 Å². The lowest BCUT2D eigenvalue weighted by Gasteiger charge is -2.19. The number of para-hydroxylation sites is 1. The summed E-state index contributed by atoms with van der Waals surface area (Å²) in [5.74, 6) is 0.566. The molecule has 0 aliphatic heterocycles. The van der Waals surface area contributed by atoms with Crippen molar-refractivity contribution in [1.29, 1.82) is 0 Å². The van der Waals surface area contributed by atoms with E-state index in [1.807, 2.05) is 31.2 Å². The predicted octanol–water partition coefficient (Wildman–Crippen LogP) is 1.24. The van der Waals surface area contributed by atoms with E-state index >= 15 is 0 Å². The smallest absolute Gasteiger partial charge is 0.237 e. The maximum Gasteiger partial charge on any atom is 0.237 e. The monoisotopic (exact) mass is 266 g/mol. The number of hydrogen-bond donors (Lipinski definition) is 2. The maximum atomic E-state index is 11.9. The Labute approximate surface area is 114 Å². The van der Waals surface area contributed by atoms with Crippen LogP contribution in [0, 0.1) is 0 Å². The van der Waals surface area contributed by atoms with Gasteiger partial charge in [-0.15, -0.1) is 0 Å². The predicted molar refractivity (Wildman–Crippen MR) is 74.0 cm³/mol. The van der Waals surface area contributed by atoms with Gasteiger partial charge < -0.3 is 20.5 Å². The molecule has 0 spiro atoms. The summed E-state index contributed by atoms with van der Waals surface area (Å²) >= 11 is 0. The first-order chi connectivity index (χ1) is 9.10. The lowest BCUT2D eigenvalue weighted by atomic mass is 10.1. The molecule has 2 atom stereocenters. The van der Waals surface area contributed by atoms with Crippen molar-refractivity contribution in [2.45, 2.75) is 25.4 Å². The highest BCUT2D eigenvalue weighted by Gasteiger charge is 2.18. The van der Waals surface area contributed by atoms with Crippen molar-refractivity contribution in [2.75, 3.05) is 20.8 Å². The topological polar surface area (TPSA) is 73.6 Å². The summed E-state index contributed by atoms with van der Waals surface area (Å²) < 4.78 is 10.2. The Morgan fingerprint density at radius 3 is 2.68 bits per heavy atom. The molecule has 0 radical (unpaired) electrons. The fourth-order valence-electron chi connectivity index (χ4n) is 1.80. The average Bonchev–Trinajstić information content (AvgIpc) is 2.44. The lowest BCUT2D eigenvalue weighted by Crippen LogP contribution is -2.42. The number of benzene rings is 1. The van der Waals surface area contributed by atoms with Crippen LogP contribution in [0.5, 0.6) is 5.75 Å². The molecule has 1 aromatic carbocycles. The van der Waals surface area contributed by atoms with Crippen LogP contribution in [0.1, 0.15) is 24.9 Å². The van der Waals surface area contributed by atoms with Gasteiger partial charge in [-0.3, -0.25) is 4.79 Å². The van der Waals surface area contributed by atoms with Gasteiger partial charge in [0.2, 0.25) is 5.91 Å². The Hall–Kier alpha value is -1.59. The first-order valence-corrected chi connectivity index (χ1v) is 6.28. The number of nitrogens with one attached hydrogen (secondary N) is 1. The van der Waals surface area contributed by atoms with Gasteiger partial charge in [0.1, 0.15) is 5.75 Å². The Kier molecular flexibility index (Phi) is 6.32. The minimum absolute atomic E-state index is 0.155. The van der Waals surface area contributed by atoms with Crippen LogP contribution in [0.2, 0.25) is 0 Å². The normalized spacial score (nSPS) is 13.7. The van der Waals surface area contributed by atoms with E-state index in [-0.39, 0.29) is 11.9 Å². The van der Waals surface area contributed by atoms with Crippen molar-refractivity contribution < 1.29 is 14.3 Å². The molecule has 1 rings (SSSR count). The molecule has 0 saturated heterocycles. The highest BCUT2D eigenvalue weighted by molar-refractivity contribution is 5.81. The molecule has 0 aliphatic carbocycles. The average molecular weight is 266 g/mol. The molecule has 5 nitrogen and oxygen atoms in total. The number of carbonyl (C=O) groups is 1. The van der Waals surface area contributed by atoms with E-state index in [1.54, 1.807) is 14.2 Å². The number of nitrogens with two attached hydrogens (primary N) is 1. The van der Waals surface area contributed by atoms with Gasteiger partial charge >= 0.3 is 0 Å². The number of carbonyl (C=O) groups excluding carboxylic acids is 1. The van der Waals surface area contributed by atoms with Gasteiger partial charge in [-0.05, 0) is 19.4 Å². The number of ether oxygens (including phenoxy) is 2. The van der Waals surface area contributed by atoms with Gasteiger partial charge in [-0.1, -0.05) is 18.2 Å². The van der Waals surface area contributed by atoms with Crippen LogP contribution >= 0.6 is 0 Å². The number of methoxy groups -OCH3 is 2. The van der Waals surface area contributed by atoms with Crippen molar-refractivity contribution in [1.82, 2.24) is 5.32 Å². The molecule has 5 heteroatoms. The summed E-state index contributed by atoms with van der Waals surface area (Å²) in [7, 11) is 3.19. The van der Waals surface area contributed by atoms with Crippen LogP contribution in [0.3, 0.4) is 0 Å². The molecule has 0 aromatic heterocycles.